The van der Waals surface area contributed by atoms with Crippen LogP contribution in [0.15, 0.2) is 118 Å². The van der Waals surface area contributed by atoms with Gasteiger partial charge < -0.3 is 14.8 Å². The molecule has 1 aliphatic heterocycles. The minimum absolute atomic E-state index is 0.206. The number of carboxylic acids is 1. The van der Waals surface area contributed by atoms with Gasteiger partial charge in [0.05, 0.1) is 16.7 Å². The number of aryl methyl sites for hydroxylation is 1. The zero-order chi connectivity index (χ0) is 27.9. The number of rotatable bonds is 5. The summed E-state index contributed by atoms with van der Waals surface area (Å²) in [5.74, 6) is -0.508. The van der Waals surface area contributed by atoms with Crippen LogP contribution >= 0.6 is 23.1 Å². The van der Waals surface area contributed by atoms with E-state index in [4.69, 9.17) is 0 Å². The van der Waals surface area contributed by atoms with E-state index in [2.05, 4.69) is 89.3 Å². The Hall–Kier alpha value is -3.87. The fraction of sp³-hybridized carbons (Fsp3) is 0.200. The van der Waals surface area contributed by atoms with Crippen molar-refractivity contribution in [3.8, 4) is 0 Å². The van der Waals surface area contributed by atoms with Gasteiger partial charge in [0.1, 0.15) is 11.7 Å². The molecule has 3 aliphatic rings. The van der Waals surface area contributed by atoms with Crippen molar-refractivity contribution in [2.45, 2.75) is 37.1 Å². The summed E-state index contributed by atoms with van der Waals surface area (Å²) >= 11 is 3.67. The van der Waals surface area contributed by atoms with Gasteiger partial charge in [-0.05, 0) is 83.7 Å². The van der Waals surface area contributed by atoms with Crippen molar-refractivity contribution >= 4 is 51.0 Å². The number of carbonyl (C=O) groups excluding carboxylic acids is 1. The number of thioether (sulfide) groups is 1. The predicted molar refractivity (Wildman–Crippen MR) is 166 cm³/mol. The lowest BCUT2D eigenvalue weighted by molar-refractivity contribution is -0.642. The monoisotopic (exact) mass is 574 g/mol. The van der Waals surface area contributed by atoms with Crippen LogP contribution in [-0.4, -0.2) is 5.97 Å². The van der Waals surface area contributed by atoms with Crippen molar-refractivity contribution in [3.63, 3.8) is 0 Å². The highest BCUT2D eigenvalue weighted by atomic mass is 32.2. The average Bonchev–Trinajstić information content (AvgIpc) is 3.49. The Morgan fingerprint density at radius 1 is 0.976 bits per heavy atom. The van der Waals surface area contributed by atoms with Crippen molar-refractivity contribution in [2.75, 3.05) is 4.90 Å². The molecule has 0 N–H and O–H groups in total. The third-order valence-electron chi connectivity index (χ3n) is 8.29. The molecule has 2 heterocycles. The molecule has 4 aromatic rings. The predicted octanol–water partition coefficient (Wildman–Crippen LogP) is 7.18. The van der Waals surface area contributed by atoms with Gasteiger partial charge in [0, 0.05) is 23.6 Å². The SMILES string of the molecule is C[n+]1c(/C=C2/C=C3C=C(/C=C4\Sc5ccccc5N4Cc4ccc(C(=O)[O-])cc4)CCC3CC2)sc2ccccc21. The van der Waals surface area contributed by atoms with Gasteiger partial charge in [0.15, 0.2) is 0 Å². The van der Waals surface area contributed by atoms with Gasteiger partial charge in [-0.3, -0.25) is 0 Å². The van der Waals surface area contributed by atoms with Gasteiger partial charge >= 0.3 is 0 Å². The normalized spacial score (nSPS) is 20.2. The number of anilines is 1. The van der Waals surface area contributed by atoms with E-state index in [-0.39, 0.29) is 5.56 Å². The van der Waals surface area contributed by atoms with Gasteiger partial charge in [-0.15, -0.1) is 0 Å². The summed E-state index contributed by atoms with van der Waals surface area (Å²) in [4.78, 5) is 14.8. The number of thiazole rings is 1. The molecular formula is C35H30N2O2S2. The molecule has 0 radical (unpaired) electrons. The first kappa shape index (κ1) is 26.1. The summed E-state index contributed by atoms with van der Waals surface area (Å²) in [6, 6.07) is 24.2. The fourth-order valence-electron chi connectivity index (χ4n) is 6.05. The Morgan fingerprint density at radius 3 is 2.59 bits per heavy atom. The Labute approximate surface area is 248 Å². The van der Waals surface area contributed by atoms with Gasteiger partial charge in [0.25, 0.3) is 5.01 Å². The van der Waals surface area contributed by atoms with Gasteiger partial charge in [-0.1, -0.05) is 83.8 Å². The summed E-state index contributed by atoms with van der Waals surface area (Å²) in [5.41, 5.74) is 7.98. The molecule has 1 unspecified atom stereocenters. The van der Waals surface area contributed by atoms with Crippen LogP contribution < -0.4 is 14.6 Å². The van der Waals surface area contributed by atoms with E-state index < -0.39 is 5.97 Å². The highest BCUT2D eigenvalue weighted by molar-refractivity contribution is 8.03. The Balaban J connectivity index is 1.18. The number of carboxylic acid groups (broad SMARTS) is 1. The maximum atomic E-state index is 11.2. The number of para-hydroxylation sites is 2. The summed E-state index contributed by atoms with van der Waals surface area (Å²) in [6.45, 7) is 0.681. The van der Waals surface area contributed by atoms with Crippen molar-refractivity contribution in [3.05, 3.63) is 129 Å². The molecule has 0 amide bonds. The van der Waals surface area contributed by atoms with Crippen LogP contribution in [0.1, 0.15) is 46.6 Å². The van der Waals surface area contributed by atoms with Gasteiger partial charge in [-0.2, -0.15) is 4.57 Å². The van der Waals surface area contributed by atoms with E-state index in [1.807, 2.05) is 35.2 Å². The maximum absolute atomic E-state index is 11.2. The van der Waals surface area contributed by atoms with E-state index in [1.165, 1.54) is 60.4 Å². The van der Waals surface area contributed by atoms with Crippen LogP contribution in [0, 0.1) is 5.92 Å². The van der Waals surface area contributed by atoms with Crippen LogP contribution in [0.5, 0.6) is 0 Å². The van der Waals surface area contributed by atoms with Crippen LogP contribution in [-0.2, 0) is 13.6 Å². The Bertz CT molecular complexity index is 1790. The van der Waals surface area contributed by atoms with Crippen LogP contribution in [0.3, 0.4) is 0 Å². The van der Waals surface area contributed by atoms with E-state index >= 15 is 0 Å². The average molecular weight is 575 g/mol. The first-order valence-electron chi connectivity index (χ1n) is 14.1. The zero-order valence-corrected chi connectivity index (χ0v) is 24.5. The number of allylic oxidation sites excluding steroid dienone is 6. The molecule has 0 bridgehead atoms. The van der Waals surface area contributed by atoms with Crippen molar-refractivity contribution < 1.29 is 14.5 Å². The molecule has 0 saturated heterocycles. The second-order valence-corrected chi connectivity index (χ2v) is 13.1. The smallest absolute Gasteiger partial charge is 0.262 e. The molecular weight excluding hydrogens is 545 g/mol. The number of fused-ring (bicyclic) bond motifs is 3. The number of hydrogen-bond acceptors (Lipinski definition) is 5. The fourth-order valence-corrected chi connectivity index (χ4v) is 8.32. The van der Waals surface area contributed by atoms with E-state index in [0.29, 0.717) is 12.5 Å². The molecule has 0 spiro atoms. The highest BCUT2D eigenvalue weighted by Crippen LogP contribution is 2.48. The van der Waals surface area contributed by atoms with Crippen molar-refractivity contribution in [1.82, 2.24) is 0 Å². The van der Waals surface area contributed by atoms with Crippen LogP contribution in [0.2, 0.25) is 0 Å². The molecule has 3 aromatic carbocycles. The summed E-state index contributed by atoms with van der Waals surface area (Å²) in [6.07, 6.45) is 14.2. The molecule has 4 nitrogen and oxygen atoms in total. The van der Waals surface area contributed by atoms with Gasteiger partial charge in [0.2, 0.25) is 5.52 Å². The second kappa shape index (κ2) is 10.8. The topological polar surface area (TPSA) is 47.2 Å². The van der Waals surface area contributed by atoms with Crippen LogP contribution in [0.25, 0.3) is 16.3 Å². The molecule has 6 heteroatoms. The third kappa shape index (κ3) is 5.18. The Morgan fingerprint density at radius 2 is 1.76 bits per heavy atom. The number of benzene rings is 3. The molecule has 1 aromatic heterocycles. The molecule has 1 atom stereocenters. The van der Waals surface area contributed by atoms with Crippen LogP contribution in [0.4, 0.5) is 5.69 Å². The standard InChI is InChI=1S/C35H30N2O2S2/c1-36-29-6-2-4-8-31(29)40-33(36)20-24-12-14-26-15-13-25(19-28(26)18-24)21-34-37(30-7-3-5-9-32(30)41-34)22-23-10-16-27(17-11-23)35(38)39/h2-11,16-21,26H,12-15,22H2,1H3. The number of hydrogen-bond donors (Lipinski definition) is 0. The Kier molecular flexibility index (Phi) is 6.89. The third-order valence-corrected chi connectivity index (χ3v) is 10.6. The quantitative estimate of drug-likeness (QED) is 0.237. The minimum Gasteiger partial charge on any atom is -0.545 e. The molecule has 41 heavy (non-hydrogen) atoms. The molecule has 0 saturated carbocycles. The first-order valence-corrected chi connectivity index (χ1v) is 15.7. The lowest BCUT2D eigenvalue weighted by atomic mass is 9.77. The molecule has 7 rings (SSSR count). The lowest BCUT2D eigenvalue weighted by Gasteiger charge is -2.29. The van der Waals surface area contributed by atoms with E-state index in [9.17, 15) is 9.90 Å². The second-order valence-electron chi connectivity index (χ2n) is 10.9. The summed E-state index contributed by atoms with van der Waals surface area (Å²) in [7, 11) is 2.16. The summed E-state index contributed by atoms with van der Waals surface area (Å²) in [5, 5.41) is 13.7. The largest absolute Gasteiger partial charge is 0.545 e. The first-order chi connectivity index (χ1) is 20.0. The van der Waals surface area contributed by atoms with Gasteiger partial charge in [-0.25, -0.2) is 0 Å². The number of nitrogens with zero attached hydrogens (tertiary/aromatic N) is 2. The molecule has 0 fully saturated rings. The zero-order valence-electron chi connectivity index (χ0n) is 22.9. The number of aromatic carboxylic acids is 1. The number of carbonyl (C=O) groups is 1. The lowest BCUT2D eigenvalue weighted by Crippen LogP contribution is -2.29. The number of aromatic nitrogens is 1. The maximum Gasteiger partial charge on any atom is 0.262 e. The minimum atomic E-state index is -1.14. The molecule has 204 valence electrons. The van der Waals surface area contributed by atoms with E-state index in [0.717, 1.165) is 18.4 Å². The van der Waals surface area contributed by atoms with Crippen molar-refractivity contribution in [1.29, 1.82) is 0 Å². The summed E-state index contributed by atoms with van der Waals surface area (Å²) < 4.78 is 3.63. The van der Waals surface area contributed by atoms with Crippen molar-refractivity contribution in [2.24, 2.45) is 13.0 Å². The highest BCUT2D eigenvalue weighted by Gasteiger charge is 2.27. The molecule has 2 aliphatic carbocycles. The van der Waals surface area contributed by atoms with E-state index in [1.54, 1.807) is 12.1 Å².